The molecule has 4 rings (SSSR count). The summed E-state index contributed by atoms with van der Waals surface area (Å²) in [4.78, 5) is 8.34. The summed E-state index contributed by atoms with van der Waals surface area (Å²) < 4.78 is 67.4. The smallest absolute Gasteiger partial charge is 0.412 e. The number of halogens is 4. The Balaban J connectivity index is 1.72. The molecule has 15 heteroatoms. The number of alkyl halides is 3. The highest BCUT2D eigenvalue weighted by atomic mass is 35.5. The van der Waals surface area contributed by atoms with Crippen molar-refractivity contribution in [1.29, 1.82) is 0 Å². The van der Waals surface area contributed by atoms with Crippen LogP contribution in [0, 0.1) is 0 Å². The minimum absolute atomic E-state index is 0.0170. The fraction of sp³-hybridized carbons (Fsp3) is 0.182. The molecular formula is C22H18ClF3N6O4S. The minimum Gasteiger partial charge on any atom is -0.412 e. The lowest BCUT2D eigenvalue weighted by molar-refractivity contribution is -0.156. The Bertz CT molecular complexity index is 1520. The largest absolute Gasteiger partial charge is 0.470 e. The molecule has 0 aliphatic heterocycles. The lowest BCUT2D eigenvalue weighted by Gasteiger charge is -2.19. The monoisotopic (exact) mass is 554 g/mol. The van der Waals surface area contributed by atoms with E-state index in [1.807, 2.05) is 0 Å². The molecule has 0 saturated carbocycles. The predicted octanol–water partition coefficient (Wildman–Crippen LogP) is 4.49. The number of hydrogen-bond donors (Lipinski definition) is 3. The van der Waals surface area contributed by atoms with Crippen molar-refractivity contribution in [2.75, 3.05) is 23.5 Å². The lowest BCUT2D eigenvalue weighted by atomic mass is 10.1. The second-order valence-electron chi connectivity index (χ2n) is 7.70. The summed E-state index contributed by atoms with van der Waals surface area (Å²) >= 11 is 6.09. The van der Waals surface area contributed by atoms with Gasteiger partial charge in [-0.1, -0.05) is 41.9 Å². The maximum Gasteiger partial charge on any atom is 0.470 e. The van der Waals surface area contributed by atoms with Crippen molar-refractivity contribution in [3.8, 4) is 11.5 Å². The van der Waals surface area contributed by atoms with E-state index in [0.29, 0.717) is 11.3 Å². The van der Waals surface area contributed by atoms with Gasteiger partial charge in [-0.05, 0) is 23.8 Å². The molecular weight excluding hydrogens is 537 g/mol. The van der Waals surface area contributed by atoms with Gasteiger partial charge in [-0.3, -0.25) is 0 Å². The first-order valence-electron chi connectivity index (χ1n) is 10.4. The van der Waals surface area contributed by atoms with E-state index in [-0.39, 0.29) is 33.9 Å². The van der Waals surface area contributed by atoms with Gasteiger partial charge in [-0.25, -0.2) is 13.4 Å². The van der Waals surface area contributed by atoms with Gasteiger partial charge in [-0.2, -0.15) is 18.2 Å². The maximum atomic E-state index is 13.0. The van der Waals surface area contributed by atoms with E-state index in [2.05, 4.69) is 30.8 Å². The summed E-state index contributed by atoms with van der Waals surface area (Å²) in [6, 6.07) is 12.2. The third kappa shape index (κ3) is 6.15. The second-order valence-corrected chi connectivity index (χ2v) is 10.1. The Labute approximate surface area is 213 Å². The number of benzene rings is 2. The first kappa shape index (κ1) is 26.3. The molecule has 4 aromatic rings. The van der Waals surface area contributed by atoms with Gasteiger partial charge < -0.3 is 20.2 Å². The zero-order valence-electron chi connectivity index (χ0n) is 18.9. The molecule has 2 aromatic carbocycles. The molecule has 0 saturated heterocycles. The van der Waals surface area contributed by atoms with Crippen LogP contribution in [0.4, 0.5) is 30.6 Å². The molecule has 2 aromatic heterocycles. The zero-order valence-corrected chi connectivity index (χ0v) is 20.4. The zero-order chi connectivity index (χ0) is 26.8. The fourth-order valence-corrected chi connectivity index (χ4v) is 4.58. The standard InChI is InChI=1S/C22H18ClF3N6O4S/c1-37(34,35)17-8-7-13(9-15(17)23)28-21-27-10-14(19-31-32-20(36-19)22(24,25)26)18(30-21)29-16(11-33)12-5-3-2-4-6-12/h2-10,16,33H,11H2,1H3,(H2,27,28,29,30)/t16-/m1/s1. The number of hydrogen-bond acceptors (Lipinski definition) is 10. The van der Waals surface area contributed by atoms with Crippen LogP contribution in [0.3, 0.4) is 0 Å². The molecule has 10 nitrogen and oxygen atoms in total. The van der Waals surface area contributed by atoms with Crippen molar-refractivity contribution in [1.82, 2.24) is 20.2 Å². The molecule has 0 unspecified atom stereocenters. The van der Waals surface area contributed by atoms with E-state index in [1.165, 1.54) is 18.2 Å². The quantitative estimate of drug-likeness (QED) is 0.285. The van der Waals surface area contributed by atoms with Gasteiger partial charge in [0.1, 0.15) is 5.82 Å². The van der Waals surface area contributed by atoms with Crippen LogP contribution in [0.5, 0.6) is 0 Å². The molecule has 194 valence electrons. The Morgan fingerprint density at radius 1 is 1.14 bits per heavy atom. The number of nitrogens with zero attached hydrogens (tertiary/aromatic N) is 4. The van der Waals surface area contributed by atoms with Gasteiger partial charge in [0.05, 0.1) is 28.1 Å². The molecule has 0 spiro atoms. The van der Waals surface area contributed by atoms with Gasteiger partial charge in [0, 0.05) is 18.1 Å². The maximum absolute atomic E-state index is 13.0. The normalized spacial score (nSPS) is 12.8. The highest BCUT2D eigenvalue weighted by Crippen LogP contribution is 2.34. The van der Waals surface area contributed by atoms with Crippen molar-refractivity contribution in [3.63, 3.8) is 0 Å². The van der Waals surface area contributed by atoms with Crippen LogP contribution >= 0.6 is 11.6 Å². The van der Waals surface area contributed by atoms with Crippen LogP contribution in [0.25, 0.3) is 11.5 Å². The highest BCUT2D eigenvalue weighted by molar-refractivity contribution is 7.90. The second kappa shape index (κ2) is 10.3. The summed E-state index contributed by atoms with van der Waals surface area (Å²) in [6.45, 7) is -0.379. The molecule has 0 fully saturated rings. The van der Waals surface area contributed by atoms with E-state index in [0.717, 1.165) is 12.5 Å². The molecule has 1 atom stereocenters. The summed E-state index contributed by atoms with van der Waals surface area (Å²) in [5, 5.41) is 22.2. The lowest BCUT2D eigenvalue weighted by Crippen LogP contribution is -2.17. The van der Waals surface area contributed by atoms with Gasteiger partial charge in [0.2, 0.25) is 5.95 Å². The minimum atomic E-state index is -4.85. The predicted molar refractivity (Wildman–Crippen MR) is 128 cm³/mol. The number of sulfone groups is 1. The van der Waals surface area contributed by atoms with Crippen molar-refractivity contribution < 1.29 is 31.1 Å². The van der Waals surface area contributed by atoms with E-state index in [1.54, 1.807) is 30.3 Å². The van der Waals surface area contributed by atoms with E-state index < -0.39 is 33.8 Å². The van der Waals surface area contributed by atoms with Crippen molar-refractivity contribution in [3.05, 3.63) is 71.2 Å². The van der Waals surface area contributed by atoms with Crippen molar-refractivity contribution in [2.45, 2.75) is 17.1 Å². The number of aromatic nitrogens is 4. The van der Waals surface area contributed by atoms with Gasteiger partial charge in [0.25, 0.3) is 5.89 Å². The topological polar surface area (TPSA) is 143 Å². The summed E-state index contributed by atoms with van der Waals surface area (Å²) in [7, 11) is -3.55. The number of aliphatic hydroxyl groups is 1. The molecule has 0 bridgehead atoms. The molecule has 0 radical (unpaired) electrons. The summed E-state index contributed by atoms with van der Waals surface area (Å²) in [5.74, 6) is -2.07. The Morgan fingerprint density at radius 3 is 2.46 bits per heavy atom. The Morgan fingerprint density at radius 2 is 1.86 bits per heavy atom. The first-order chi connectivity index (χ1) is 17.5. The number of aliphatic hydroxyl groups excluding tert-OH is 1. The average molecular weight is 555 g/mol. The number of nitrogens with one attached hydrogen (secondary N) is 2. The molecule has 3 N–H and O–H groups in total. The molecule has 0 aliphatic rings. The van der Waals surface area contributed by atoms with Crippen LogP contribution in [-0.2, 0) is 16.0 Å². The van der Waals surface area contributed by atoms with Gasteiger partial charge in [-0.15, -0.1) is 10.2 Å². The third-order valence-electron chi connectivity index (χ3n) is 4.97. The summed E-state index contributed by atoms with van der Waals surface area (Å²) in [6.07, 6.45) is -2.67. The van der Waals surface area contributed by atoms with Crippen LogP contribution in [0.2, 0.25) is 5.02 Å². The number of anilines is 3. The van der Waals surface area contributed by atoms with Crippen LogP contribution in [0.15, 0.2) is 64.0 Å². The SMILES string of the molecule is CS(=O)(=O)c1ccc(Nc2ncc(-c3nnc(C(F)(F)F)o3)c(N[C@H](CO)c3ccccc3)n2)cc1Cl. The molecule has 37 heavy (non-hydrogen) atoms. The van der Waals surface area contributed by atoms with Crippen LogP contribution in [-0.4, -0.2) is 46.6 Å². The first-order valence-corrected chi connectivity index (χ1v) is 12.7. The van der Waals surface area contributed by atoms with Gasteiger partial charge >= 0.3 is 12.1 Å². The van der Waals surface area contributed by atoms with Crippen LogP contribution in [0.1, 0.15) is 17.5 Å². The van der Waals surface area contributed by atoms with E-state index >= 15 is 0 Å². The number of rotatable bonds is 8. The molecule has 0 aliphatic carbocycles. The van der Waals surface area contributed by atoms with E-state index in [4.69, 9.17) is 16.0 Å². The summed E-state index contributed by atoms with van der Waals surface area (Å²) in [5.41, 5.74) is 0.970. The van der Waals surface area contributed by atoms with Crippen molar-refractivity contribution in [2.24, 2.45) is 0 Å². The Hall–Kier alpha value is -3.75. The van der Waals surface area contributed by atoms with Gasteiger partial charge in [0.15, 0.2) is 9.84 Å². The average Bonchev–Trinajstić information content (AvgIpc) is 3.33. The Kier molecular flexibility index (Phi) is 7.34. The molecule has 0 amide bonds. The fourth-order valence-electron chi connectivity index (χ4n) is 3.25. The molecule has 2 heterocycles. The van der Waals surface area contributed by atoms with Crippen molar-refractivity contribution >= 4 is 38.9 Å². The van der Waals surface area contributed by atoms with Crippen LogP contribution < -0.4 is 10.6 Å². The van der Waals surface area contributed by atoms with E-state index in [9.17, 15) is 26.7 Å². The third-order valence-corrected chi connectivity index (χ3v) is 6.55. The highest BCUT2D eigenvalue weighted by Gasteiger charge is 2.38.